The van der Waals surface area contributed by atoms with E-state index in [9.17, 15) is 14.4 Å². The second kappa shape index (κ2) is 5.20. The van der Waals surface area contributed by atoms with E-state index in [1.54, 1.807) is 54.6 Å². The summed E-state index contributed by atoms with van der Waals surface area (Å²) in [4.78, 5) is 38.7. The normalized spacial score (nSPS) is 15.5. The molecule has 1 heterocycles. The number of para-hydroxylation sites is 2. The molecule has 1 saturated heterocycles. The van der Waals surface area contributed by atoms with Crippen LogP contribution in [0.15, 0.2) is 60.7 Å². The number of carbonyl (C=O) groups is 3. The lowest BCUT2D eigenvalue weighted by atomic mass is 10.2. The van der Waals surface area contributed by atoms with Crippen LogP contribution in [0.2, 0.25) is 0 Å². The van der Waals surface area contributed by atoms with E-state index in [0.29, 0.717) is 11.4 Å². The van der Waals surface area contributed by atoms with E-state index in [1.165, 1.54) is 4.90 Å². The minimum Gasteiger partial charge on any atom is -0.287 e. The number of nitrogens with zero attached hydrogens (tertiary/aromatic N) is 2. The molecule has 0 bridgehead atoms. The predicted octanol–water partition coefficient (Wildman–Crippen LogP) is 2.23. The standard InChI is InChI=1S/C16H12N2O3/c19-14-11-17(12-7-3-1-4-8-12)16(21)18(15(14)20)13-9-5-2-6-10-13/h1-10H,11H2. The molecule has 3 amide bonds. The van der Waals surface area contributed by atoms with Gasteiger partial charge in [-0.3, -0.25) is 14.5 Å². The molecule has 2 aromatic carbocycles. The lowest BCUT2D eigenvalue weighted by molar-refractivity contribution is -0.135. The average molecular weight is 280 g/mol. The lowest BCUT2D eigenvalue weighted by Gasteiger charge is -2.33. The average Bonchev–Trinajstić information content (AvgIpc) is 2.53. The number of urea groups is 1. The van der Waals surface area contributed by atoms with E-state index in [1.807, 2.05) is 6.07 Å². The summed E-state index contributed by atoms with van der Waals surface area (Å²) in [5.74, 6) is -1.40. The SMILES string of the molecule is O=C1CN(c2ccccc2)C(=O)N(c2ccccc2)C1=O. The van der Waals surface area contributed by atoms with Gasteiger partial charge < -0.3 is 0 Å². The van der Waals surface area contributed by atoms with Crippen molar-refractivity contribution in [3.63, 3.8) is 0 Å². The van der Waals surface area contributed by atoms with E-state index in [4.69, 9.17) is 0 Å². The van der Waals surface area contributed by atoms with Crippen LogP contribution < -0.4 is 9.80 Å². The van der Waals surface area contributed by atoms with Gasteiger partial charge in [-0.05, 0) is 24.3 Å². The summed E-state index contributed by atoms with van der Waals surface area (Å²) in [7, 11) is 0. The van der Waals surface area contributed by atoms with Gasteiger partial charge >= 0.3 is 11.9 Å². The van der Waals surface area contributed by atoms with Crippen molar-refractivity contribution in [2.45, 2.75) is 0 Å². The first kappa shape index (κ1) is 13.1. The molecule has 0 N–H and O–H groups in total. The van der Waals surface area contributed by atoms with Gasteiger partial charge in [-0.2, -0.15) is 0 Å². The minimum atomic E-state index is -0.793. The second-order valence-corrected chi connectivity index (χ2v) is 4.60. The Morgan fingerprint density at radius 1 is 0.714 bits per heavy atom. The Bertz CT molecular complexity index is 698. The van der Waals surface area contributed by atoms with Crippen LogP contribution in [-0.4, -0.2) is 24.3 Å². The van der Waals surface area contributed by atoms with Crippen LogP contribution in [0.1, 0.15) is 0 Å². The molecular weight excluding hydrogens is 268 g/mol. The highest BCUT2D eigenvalue weighted by Gasteiger charge is 2.39. The van der Waals surface area contributed by atoms with Crippen molar-refractivity contribution in [2.24, 2.45) is 0 Å². The Morgan fingerprint density at radius 2 is 1.24 bits per heavy atom. The van der Waals surface area contributed by atoms with Crippen LogP contribution in [0.3, 0.4) is 0 Å². The second-order valence-electron chi connectivity index (χ2n) is 4.60. The largest absolute Gasteiger partial charge is 0.336 e. The summed E-state index contributed by atoms with van der Waals surface area (Å²) in [6.45, 7) is -0.231. The number of benzene rings is 2. The summed E-state index contributed by atoms with van der Waals surface area (Å²) in [5, 5.41) is 0. The smallest absolute Gasteiger partial charge is 0.287 e. The number of amides is 3. The van der Waals surface area contributed by atoms with Crippen LogP contribution in [-0.2, 0) is 9.59 Å². The van der Waals surface area contributed by atoms with E-state index >= 15 is 0 Å². The molecule has 3 rings (SSSR count). The molecule has 5 heteroatoms. The number of rotatable bonds is 2. The van der Waals surface area contributed by atoms with Crippen LogP contribution in [0.4, 0.5) is 16.2 Å². The number of ketones is 1. The van der Waals surface area contributed by atoms with Gasteiger partial charge in [0.05, 0.1) is 12.2 Å². The molecule has 21 heavy (non-hydrogen) atoms. The third-order valence-electron chi connectivity index (χ3n) is 3.25. The number of anilines is 2. The van der Waals surface area contributed by atoms with Gasteiger partial charge in [0, 0.05) is 5.69 Å². The lowest BCUT2D eigenvalue weighted by Crippen LogP contribution is -2.57. The summed E-state index contributed by atoms with van der Waals surface area (Å²) in [5.41, 5.74) is 0.978. The molecule has 0 unspecified atom stereocenters. The molecule has 0 aromatic heterocycles. The third-order valence-corrected chi connectivity index (χ3v) is 3.25. The Hall–Kier alpha value is -2.95. The fourth-order valence-electron chi connectivity index (χ4n) is 2.23. The van der Waals surface area contributed by atoms with Crippen molar-refractivity contribution < 1.29 is 14.4 Å². The zero-order chi connectivity index (χ0) is 14.8. The monoisotopic (exact) mass is 280 g/mol. The Kier molecular flexibility index (Phi) is 3.23. The highest BCUT2D eigenvalue weighted by Crippen LogP contribution is 2.23. The van der Waals surface area contributed by atoms with E-state index in [-0.39, 0.29) is 6.54 Å². The number of Topliss-reactive ketones (excluding diaryl/α,β-unsaturated/α-hetero) is 1. The van der Waals surface area contributed by atoms with E-state index < -0.39 is 17.7 Å². The highest BCUT2D eigenvalue weighted by molar-refractivity contribution is 6.50. The van der Waals surface area contributed by atoms with Crippen molar-refractivity contribution in [2.75, 3.05) is 16.3 Å². The van der Waals surface area contributed by atoms with Crippen LogP contribution >= 0.6 is 0 Å². The number of imide groups is 1. The van der Waals surface area contributed by atoms with Gasteiger partial charge in [-0.15, -0.1) is 0 Å². The Labute approximate surface area is 121 Å². The molecule has 0 aliphatic carbocycles. The predicted molar refractivity (Wildman–Crippen MR) is 78.1 cm³/mol. The van der Waals surface area contributed by atoms with Crippen LogP contribution in [0.5, 0.6) is 0 Å². The number of hydrogen-bond donors (Lipinski definition) is 0. The Morgan fingerprint density at radius 3 is 1.81 bits per heavy atom. The van der Waals surface area contributed by atoms with E-state index in [0.717, 1.165) is 4.90 Å². The molecule has 0 saturated carbocycles. The molecule has 104 valence electrons. The first-order valence-corrected chi connectivity index (χ1v) is 6.47. The summed E-state index contributed by atoms with van der Waals surface area (Å²) >= 11 is 0. The minimum absolute atomic E-state index is 0.231. The van der Waals surface area contributed by atoms with Gasteiger partial charge in [0.15, 0.2) is 0 Å². The highest BCUT2D eigenvalue weighted by atomic mass is 16.2. The van der Waals surface area contributed by atoms with Crippen molar-refractivity contribution in [1.29, 1.82) is 0 Å². The van der Waals surface area contributed by atoms with Crippen molar-refractivity contribution in [1.82, 2.24) is 0 Å². The van der Waals surface area contributed by atoms with Gasteiger partial charge in [-0.25, -0.2) is 9.69 Å². The van der Waals surface area contributed by atoms with Gasteiger partial charge in [0.1, 0.15) is 0 Å². The van der Waals surface area contributed by atoms with Crippen LogP contribution in [0.25, 0.3) is 0 Å². The van der Waals surface area contributed by atoms with Crippen molar-refractivity contribution in [3.8, 4) is 0 Å². The summed E-state index contributed by atoms with van der Waals surface area (Å²) in [6.07, 6.45) is 0. The summed E-state index contributed by atoms with van der Waals surface area (Å²) < 4.78 is 0. The van der Waals surface area contributed by atoms with Crippen molar-refractivity contribution in [3.05, 3.63) is 60.7 Å². The molecule has 1 aliphatic rings. The molecule has 1 fully saturated rings. The fraction of sp³-hybridized carbons (Fsp3) is 0.0625. The van der Waals surface area contributed by atoms with Crippen molar-refractivity contribution >= 4 is 29.1 Å². The number of carbonyl (C=O) groups excluding carboxylic acids is 3. The molecule has 0 atom stereocenters. The molecule has 1 aliphatic heterocycles. The Balaban J connectivity index is 2.02. The van der Waals surface area contributed by atoms with Gasteiger partial charge in [0.2, 0.25) is 5.78 Å². The maximum Gasteiger partial charge on any atom is 0.336 e. The zero-order valence-electron chi connectivity index (χ0n) is 11.1. The molecule has 0 spiro atoms. The quantitative estimate of drug-likeness (QED) is 0.793. The van der Waals surface area contributed by atoms with E-state index in [2.05, 4.69) is 0 Å². The van der Waals surface area contributed by atoms with Crippen LogP contribution in [0, 0.1) is 0 Å². The molecule has 0 radical (unpaired) electrons. The number of hydrogen-bond acceptors (Lipinski definition) is 3. The van der Waals surface area contributed by atoms with Gasteiger partial charge in [-0.1, -0.05) is 36.4 Å². The third kappa shape index (κ3) is 2.29. The molecule has 5 nitrogen and oxygen atoms in total. The first-order valence-electron chi connectivity index (χ1n) is 6.47. The molecular formula is C16H12N2O3. The maximum absolute atomic E-state index is 12.6. The fourth-order valence-corrected chi connectivity index (χ4v) is 2.23. The topological polar surface area (TPSA) is 57.7 Å². The van der Waals surface area contributed by atoms with Gasteiger partial charge in [0.25, 0.3) is 0 Å². The molecule has 2 aromatic rings. The first-order chi connectivity index (χ1) is 10.2. The maximum atomic E-state index is 12.6. The zero-order valence-corrected chi connectivity index (χ0v) is 11.1. The summed E-state index contributed by atoms with van der Waals surface area (Å²) in [6, 6.07) is 16.7.